The van der Waals surface area contributed by atoms with E-state index >= 15 is 0 Å². The van der Waals surface area contributed by atoms with Crippen LogP contribution in [0.15, 0.2) is 18.2 Å². The molecule has 5 nitrogen and oxygen atoms in total. The summed E-state index contributed by atoms with van der Waals surface area (Å²) in [5.41, 5.74) is 1.03. The van der Waals surface area contributed by atoms with Crippen LogP contribution in [-0.2, 0) is 4.79 Å². The zero-order valence-corrected chi connectivity index (χ0v) is 12.8. The van der Waals surface area contributed by atoms with Crippen LogP contribution in [0.25, 0.3) is 0 Å². The third-order valence-electron chi connectivity index (χ3n) is 3.60. The number of carbonyl (C=O) groups is 1. The Balaban J connectivity index is 2.78. The fraction of sp³-hybridized carbons (Fsp3) is 0.533. The van der Waals surface area contributed by atoms with Crippen molar-refractivity contribution in [1.82, 2.24) is 10.2 Å². The first kappa shape index (κ1) is 16.3. The van der Waals surface area contributed by atoms with Crippen LogP contribution < -0.4 is 10.1 Å². The Bertz CT molecular complexity index is 462. The van der Waals surface area contributed by atoms with Gasteiger partial charge in [-0.25, -0.2) is 0 Å². The van der Waals surface area contributed by atoms with E-state index < -0.39 is 0 Å². The first-order valence-electron chi connectivity index (χ1n) is 6.69. The molecule has 0 saturated heterocycles. The number of methoxy groups -OCH3 is 1. The number of nitrogens with zero attached hydrogens (tertiary/aromatic N) is 1. The second-order valence-electron chi connectivity index (χ2n) is 5.06. The van der Waals surface area contributed by atoms with Crippen LogP contribution in [0.4, 0.5) is 0 Å². The quantitative estimate of drug-likeness (QED) is 0.834. The van der Waals surface area contributed by atoms with Crippen LogP contribution in [0.5, 0.6) is 11.5 Å². The Morgan fingerprint density at radius 3 is 2.65 bits per heavy atom. The number of phenols is 1. The van der Waals surface area contributed by atoms with Crippen molar-refractivity contribution in [1.29, 1.82) is 0 Å². The maximum absolute atomic E-state index is 11.6. The zero-order chi connectivity index (χ0) is 15.3. The standard InChI is InChI=1S/C15H24N2O3/c1-10(15(19)16-3)9-17(4)11(2)12-6-7-13(18)14(8-12)20-5/h6-8,10-11,18H,9H2,1-5H3,(H,16,19). The van der Waals surface area contributed by atoms with Gasteiger partial charge < -0.3 is 15.2 Å². The lowest BCUT2D eigenvalue weighted by atomic mass is 10.0. The van der Waals surface area contributed by atoms with Crippen molar-refractivity contribution in [3.63, 3.8) is 0 Å². The second-order valence-corrected chi connectivity index (χ2v) is 5.06. The van der Waals surface area contributed by atoms with Crippen LogP contribution in [0.3, 0.4) is 0 Å². The zero-order valence-electron chi connectivity index (χ0n) is 12.8. The van der Waals surface area contributed by atoms with Crippen LogP contribution in [0.2, 0.25) is 0 Å². The number of amides is 1. The van der Waals surface area contributed by atoms with E-state index in [-0.39, 0.29) is 23.6 Å². The summed E-state index contributed by atoms with van der Waals surface area (Å²) in [5, 5.41) is 12.3. The molecule has 0 aliphatic carbocycles. The molecule has 112 valence electrons. The van der Waals surface area contributed by atoms with Crippen LogP contribution in [0.1, 0.15) is 25.5 Å². The average Bonchev–Trinajstić information content (AvgIpc) is 2.45. The molecule has 5 heteroatoms. The molecule has 0 bridgehead atoms. The van der Waals surface area contributed by atoms with Crippen molar-refractivity contribution in [3.05, 3.63) is 23.8 Å². The predicted octanol–water partition coefficient (Wildman–Crippen LogP) is 1.78. The van der Waals surface area contributed by atoms with Crippen LogP contribution >= 0.6 is 0 Å². The van der Waals surface area contributed by atoms with Gasteiger partial charge in [0.1, 0.15) is 0 Å². The fourth-order valence-corrected chi connectivity index (χ4v) is 2.13. The molecule has 2 N–H and O–H groups in total. The normalized spacial score (nSPS) is 13.9. The van der Waals surface area contributed by atoms with E-state index in [1.165, 1.54) is 7.11 Å². The third kappa shape index (κ3) is 3.87. The molecule has 2 atom stereocenters. The van der Waals surface area contributed by atoms with Crippen molar-refractivity contribution < 1.29 is 14.6 Å². The van der Waals surface area contributed by atoms with E-state index in [0.29, 0.717) is 12.3 Å². The SMILES string of the molecule is CNC(=O)C(C)CN(C)C(C)c1ccc(O)c(OC)c1. The van der Waals surface area contributed by atoms with Gasteiger partial charge in [-0.05, 0) is 31.7 Å². The number of carbonyl (C=O) groups excluding carboxylic acids is 1. The molecular weight excluding hydrogens is 256 g/mol. The van der Waals surface area contributed by atoms with Crippen molar-refractivity contribution >= 4 is 5.91 Å². The number of ether oxygens (including phenoxy) is 1. The Hall–Kier alpha value is -1.75. The Kier molecular flexibility index (Phi) is 5.82. The first-order valence-corrected chi connectivity index (χ1v) is 6.69. The second kappa shape index (κ2) is 7.14. The van der Waals surface area contributed by atoms with Gasteiger partial charge in [-0.2, -0.15) is 0 Å². The summed E-state index contributed by atoms with van der Waals surface area (Å²) in [4.78, 5) is 13.7. The molecule has 1 aromatic rings. The smallest absolute Gasteiger partial charge is 0.223 e. The topological polar surface area (TPSA) is 61.8 Å². The van der Waals surface area contributed by atoms with Gasteiger partial charge in [0.15, 0.2) is 11.5 Å². The third-order valence-corrected chi connectivity index (χ3v) is 3.60. The molecule has 0 aliphatic heterocycles. The van der Waals surface area contributed by atoms with Gasteiger partial charge in [0, 0.05) is 25.6 Å². The van der Waals surface area contributed by atoms with Gasteiger partial charge in [0.2, 0.25) is 5.91 Å². The summed E-state index contributed by atoms with van der Waals surface area (Å²) in [6, 6.07) is 5.43. The van der Waals surface area contributed by atoms with Gasteiger partial charge in [-0.1, -0.05) is 13.0 Å². The maximum atomic E-state index is 11.6. The lowest BCUT2D eigenvalue weighted by molar-refractivity contribution is -0.124. The molecule has 2 unspecified atom stereocenters. The molecule has 0 saturated carbocycles. The van der Waals surface area contributed by atoms with E-state index in [0.717, 1.165) is 5.56 Å². The summed E-state index contributed by atoms with van der Waals surface area (Å²) in [7, 11) is 5.15. The molecule has 0 aromatic heterocycles. The van der Waals surface area contributed by atoms with Gasteiger partial charge in [0.05, 0.1) is 7.11 Å². The highest BCUT2D eigenvalue weighted by atomic mass is 16.5. The number of aromatic hydroxyl groups is 1. The van der Waals surface area contributed by atoms with E-state index in [2.05, 4.69) is 17.1 Å². The minimum atomic E-state index is -0.0774. The monoisotopic (exact) mass is 280 g/mol. The highest BCUT2D eigenvalue weighted by Crippen LogP contribution is 2.30. The van der Waals surface area contributed by atoms with Crippen molar-refractivity contribution in [2.24, 2.45) is 5.92 Å². The van der Waals surface area contributed by atoms with Crippen molar-refractivity contribution in [3.8, 4) is 11.5 Å². The number of benzene rings is 1. The van der Waals surface area contributed by atoms with Crippen LogP contribution in [-0.4, -0.2) is 43.7 Å². The van der Waals surface area contributed by atoms with Crippen LogP contribution in [0, 0.1) is 5.92 Å². The number of hydrogen-bond donors (Lipinski definition) is 2. The summed E-state index contributed by atoms with van der Waals surface area (Å²) in [5.74, 6) is 0.547. The Morgan fingerprint density at radius 2 is 2.10 bits per heavy atom. The predicted molar refractivity (Wildman–Crippen MR) is 78.9 cm³/mol. The highest BCUT2D eigenvalue weighted by Gasteiger charge is 2.19. The summed E-state index contributed by atoms with van der Waals surface area (Å²) in [6.07, 6.45) is 0. The van der Waals surface area contributed by atoms with E-state index in [9.17, 15) is 9.90 Å². The summed E-state index contributed by atoms with van der Waals surface area (Å²) >= 11 is 0. The molecule has 0 radical (unpaired) electrons. The summed E-state index contributed by atoms with van der Waals surface area (Å²) in [6.45, 7) is 4.62. The highest BCUT2D eigenvalue weighted by molar-refractivity contribution is 5.78. The van der Waals surface area contributed by atoms with E-state index in [4.69, 9.17) is 4.74 Å². The fourth-order valence-electron chi connectivity index (χ4n) is 2.13. The Morgan fingerprint density at radius 1 is 1.45 bits per heavy atom. The van der Waals surface area contributed by atoms with E-state index in [1.54, 1.807) is 13.1 Å². The summed E-state index contributed by atoms with van der Waals surface area (Å²) < 4.78 is 5.12. The molecule has 1 amide bonds. The number of phenolic OH excluding ortho intramolecular Hbond substituents is 1. The average molecular weight is 280 g/mol. The van der Waals surface area contributed by atoms with Crippen molar-refractivity contribution in [2.75, 3.05) is 27.7 Å². The van der Waals surface area contributed by atoms with E-state index in [1.807, 2.05) is 26.1 Å². The number of nitrogens with one attached hydrogen (secondary N) is 1. The molecular formula is C15H24N2O3. The molecule has 20 heavy (non-hydrogen) atoms. The molecule has 1 rings (SSSR count). The first-order chi connectivity index (χ1) is 9.40. The largest absolute Gasteiger partial charge is 0.504 e. The lowest BCUT2D eigenvalue weighted by Crippen LogP contribution is -2.35. The minimum absolute atomic E-state index is 0.0346. The molecule has 0 aliphatic rings. The van der Waals surface area contributed by atoms with Gasteiger partial charge in [-0.3, -0.25) is 9.69 Å². The Labute approximate surface area is 120 Å². The maximum Gasteiger partial charge on any atom is 0.223 e. The molecule has 0 fully saturated rings. The van der Waals surface area contributed by atoms with Gasteiger partial charge in [0.25, 0.3) is 0 Å². The van der Waals surface area contributed by atoms with Gasteiger partial charge >= 0.3 is 0 Å². The molecule has 0 heterocycles. The van der Waals surface area contributed by atoms with Crippen molar-refractivity contribution in [2.45, 2.75) is 19.9 Å². The molecule has 0 spiro atoms. The molecule has 1 aromatic carbocycles. The number of rotatable bonds is 6. The minimum Gasteiger partial charge on any atom is -0.504 e. The number of hydrogen-bond acceptors (Lipinski definition) is 4. The van der Waals surface area contributed by atoms with Gasteiger partial charge in [-0.15, -0.1) is 0 Å². The lowest BCUT2D eigenvalue weighted by Gasteiger charge is -2.27.